The van der Waals surface area contributed by atoms with Gasteiger partial charge in [-0.15, -0.1) is 0 Å². The van der Waals surface area contributed by atoms with Gasteiger partial charge in [0.15, 0.2) is 11.5 Å². The molecule has 0 aliphatic carbocycles. The molecule has 0 N–H and O–H groups in total. The number of benzene rings is 3. The van der Waals surface area contributed by atoms with E-state index in [1.165, 1.54) is 0 Å². The molecule has 0 bridgehead atoms. The summed E-state index contributed by atoms with van der Waals surface area (Å²) in [5.41, 5.74) is 0. The molecule has 0 atom stereocenters. The molecule has 27 heavy (non-hydrogen) atoms. The van der Waals surface area contributed by atoms with Gasteiger partial charge in [-0.05, 0) is 60.0 Å². The van der Waals surface area contributed by atoms with Crippen LogP contribution in [0.1, 0.15) is 39.5 Å². The molecule has 0 heterocycles. The van der Waals surface area contributed by atoms with Gasteiger partial charge in [0.2, 0.25) is 0 Å². The highest BCUT2D eigenvalue weighted by Crippen LogP contribution is 2.37. The Balaban J connectivity index is 1.90. The molecular weight excluding hydrogens is 336 g/mol. The predicted octanol–water partition coefficient (Wildman–Crippen LogP) is 6.99. The first kappa shape index (κ1) is 19.1. The number of para-hydroxylation sites is 1. The monoisotopic (exact) mass is 364 g/mol. The van der Waals surface area contributed by atoms with Crippen LogP contribution in [0, 0.1) is 0 Å². The topological polar surface area (TPSA) is 27.7 Å². The number of rotatable bonds is 10. The van der Waals surface area contributed by atoms with Crippen molar-refractivity contribution < 1.29 is 14.2 Å². The highest BCUT2D eigenvalue weighted by molar-refractivity contribution is 5.87. The van der Waals surface area contributed by atoms with Gasteiger partial charge in [-0.2, -0.15) is 0 Å². The van der Waals surface area contributed by atoms with E-state index in [2.05, 4.69) is 32.0 Å². The third-order valence-corrected chi connectivity index (χ3v) is 4.37. The third-order valence-electron chi connectivity index (χ3n) is 4.37. The zero-order chi connectivity index (χ0) is 18.9. The van der Waals surface area contributed by atoms with Crippen LogP contribution in [0.15, 0.2) is 60.7 Å². The van der Waals surface area contributed by atoms with Gasteiger partial charge in [-0.3, -0.25) is 0 Å². The van der Waals surface area contributed by atoms with Crippen LogP contribution in [0.5, 0.6) is 23.0 Å². The smallest absolute Gasteiger partial charge is 0.169 e. The summed E-state index contributed by atoms with van der Waals surface area (Å²) < 4.78 is 18.0. The van der Waals surface area contributed by atoms with Crippen molar-refractivity contribution in [1.29, 1.82) is 0 Å². The maximum absolute atomic E-state index is 6.12. The number of ether oxygens (including phenoxy) is 3. The Morgan fingerprint density at radius 3 is 2.07 bits per heavy atom. The van der Waals surface area contributed by atoms with Crippen LogP contribution in [-0.2, 0) is 0 Å². The van der Waals surface area contributed by atoms with Crippen molar-refractivity contribution in [2.45, 2.75) is 39.5 Å². The molecule has 0 spiro atoms. The van der Waals surface area contributed by atoms with Crippen LogP contribution in [-0.4, -0.2) is 13.2 Å². The number of hydrogen-bond donors (Lipinski definition) is 0. The average molecular weight is 364 g/mol. The SMILES string of the molecule is CCCCOc1ccc2cc(OCCCC)c(Oc3ccccc3)cc2c1. The van der Waals surface area contributed by atoms with E-state index in [-0.39, 0.29) is 0 Å². The molecule has 3 aromatic rings. The largest absolute Gasteiger partial charge is 0.494 e. The molecule has 142 valence electrons. The maximum atomic E-state index is 6.12. The van der Waals surface area contributed by atoms with E-state index < -0.39 is 0 Å². The van der Waals surface area contributed by atoms with Crippen molar-refractivity contribution in [1.82, 2.24) is 0 Å². The molecule has 3 rings (SSSR count). The molecular formula is C24H28O3. The van der Waals surface area contributed by atoms with Gasteiger partial charge >= 0.3 is 0 Å². The lowest BCUT2D eigenvalue weighted by Gasteiger charge is -2.14. The van der Waals surface area contributed by atoms with Crippen molar-refractivity contribution in [2.24, 2.45) is 0 Å². The van der Waals surface area contributed by atoms with Gasteiger partial charge in [-0.1, -0.05) is 51.0 Å². The molecule has 0 amide bonds. The number of hydrogen-bond acceptors (Lipinski definition) is 3. The first-order valence-electron chi connectivity index (χ1n) is 9.86. The second-order valence-corrected chi connectivity index (χ2v) is 6.63. The lowest BCUT2D eigenvalue weighted by atomic mass is 10.1. The van der Waals surface area contributed by atoms with Gasteiger partial charge in [0, 0.05) is 0 Å². The molecule has 0 aliphatic rings. The Morgan fingerprint density at radius 1 is 0.630 bits per heavy atom. The summed E-state index contributed by atoms with van der Waals surface area (Å²) in [5.74, 6) is 3.20. The van der Waals surface area contributed by atoms with Crippen molar-refractivity contribution in [3.05, 3.63) is 60.7 Å². The summed E-state index contributed by atoms with van der Waals surface area (Å²) in [4.78, 5) is 0. The van der Waals surface area contributed by atoms with Crippen LogP contribution in [0.25, 0.3) is 10.8 Å². The van der Waals surface area contributed by atoms with E-state index in [0.29, 0.717) is 6.61 Å². The van der Waals surface area contributed by atoms with Crippen molar-refractivity contribution >= 4 is 10.8 Å². The molecule has 0 radical (unpaired) electrons. The molecule has 3 aromatic carbocycles. The van der Waals surface area contributed by atoms with E-state index in [1.807, 2.05) is 42.5 Å². The summed E-state index contributed by atoms with van der Waals surface area (Å²) in [5, 5.41) is 2.20. The summed E-state index contributed by atoms with van der Waals surface area (Å²) in [6.45, 7) is 5.75. The summed E-state index contributed by atoms with van der Waals surface area (Å²) in [7, 11) is 0. The molecule has 0 saturated heterocycles. The van der Waals surface area contributed by atoms with E-state index in [0.717, 1.165) is 66.1 Å². The Kier molecular flexibility index (Phi) is 6.97. The van der Waals surface area contributed by atoms with Crippen molar-refractivity contribution in [3.8, 4) is 23.0 Å². The average Bonchev–Trinajstić information content (AvgIpc) is 2.69. The normalized spacial score (nSPS) is 10.7. The van der Waals surface area contributed by atoms with Crippen LogP contribution < -0.4 is 14.2 Å². The Labute approximate surface area is 161 Å². The van der Waals surface area contributed by atoms with Crippen LogP contribution in [0.2, 0.25) is 0 Å². The predicted molar refractivity (Wildman–Crippen MR) is 111 cm³/mol. The van der Waals surface area contributed by atoms with Gasteiger partial charge in [0.05, 0.1) is 13.2 Å². The van der Waals surface area contributed by atoms with Gasteiger partial charge < -0.3 is 14.2 Å². The molecule has 0 fully saturated rings. The lowest BCUT2D eigenvalue weighted by Crippen LogP contribution is -1.99. The minimum Gasteiger partial charge on any atom is -0.494 e. The van der Waals surface area contributed by atoms with E-state index in [1.54, 1.807) is 0 Å². The minimum atomic E-state index is 0.686. The fourth-order valence-corrected chi connectivity index (χ4v) is 2.79. The van der Waals surface area contributed by atoms with Crippen LogP contribution >= 0.6 is 0 Å². The van der Waals surface area contributed by atoms with Crippen LogP contribution in [0.3, 0.4) is 0 Å². The van der Waals surface area contributed by atoms with Gasteiger partial charge in [0.25, 0.3) is 0 Å². The lowest BCUT2D eigenvalue weighted by molar-refractivity contribution is 0.296. The minimum absolute atomic E-state index is 0.686. The summed E-state index contributed by atoms with van der Waals surface area (Å²) >= 11 is 0. The van der Waals surface area contributed by atoms with E-state index >= 15 is 0 Å². The molecule has 3 nitrogen and oxygen atoms in total. The van der Waals surface area contributed by atoms with E-state index in [9.17, 15) is 0 Å². The number of fused-ring (bicyclic) bond motifs is 1. The Morgan fingerprint density at radius 2 is 1.33 bits per heavy atom. The zero-order valence-corrected chi connectivity index (χ0v) is 16.2. The molecule has 0 saturated carbocycles. The first-order valence-corrected chi connectivity index (χ1v) is 9.86. The van der Waals surface area contributed by atoms with Gasteiger partial charge in [0.1, 0.15) is 11.5 Å². The second-order valence-electron chi connectivity index (χ2n) is 6.63. The molecule has 0 aromatic heterocycles. The first-order chi connectivity index (χ1) is 13.3. The Bertz CT molecular complexity index is 843. The second kappa shape index (κ2) is 9.86. The van der Waals surface area contributed by atoms with E-state index in [4.69, 9.17) is 14.2 Å². The standard InChI is InChI=1S/C24H28O3/c1-3-5-14-25-22-13-12-19-17-23(26-15-6-4-2)24(18-20(19)16-22)27-21-10-8-7-9-11-21/h7-13,16-18H,3-6,14-15H2,1-2H3. The van der Waals surface area contributed by atoms with Crippen molar-refractivity contribution in [3.63, 3.8) is 0 Å². The third kappa shape index (κ3) is 5.40. The summed E-state index contributed by atoms with van der Waals surface area (Å²) in [6.07, 6.45) is 4.31. The zero-order valence-electron chi connectivity index (χ0n) is 16.2. The molecule has 3 heteroatoms. The van der Waals surface area contributed by atoms with Crippen LogP contribution in [0.4, 0.5) is 0 Å². The van der Waals surface area contributed by atoms with Crippen molar-refractivity contribution in [2.75, 3.05) is 13.2 Å². The fraction of sp³-hybridized carbons (Fsp3) is 0.333. The quantitative estimate of drug-likeness (QED) is 0.363. The fourth-order valence-electron chi connectivity index (χ4n) is 2.79. The maximum Gasteiger partial charge on any atom is 0.169 e. The van der Waals surface area contributed by atoms with Gasteiger partial charge in [-0.25, -0.2) is 0 Å². The highest BCUT2D eigenvalue weighted by atomic mass is 16.5. The number of unbranched alkanes of at least 4 members (excludes halogenated alkanes) is 2. The molecule has 0 aliphatic heterocycles. The summed E-state index contributed by atoms with van der Waals surface area (Å²) in [6, 6.07) is 20.1. The highest BCUT2D eigenvalue weighted by Gasteiger charge is 2.10. The Hall–Kier alpha value is -2.68. The molecule has 0 unspecified atom stereocenters.